The molecule has 1 heterocycles. The first-order valence-corrected chi connectivity index (χ1v) is 8.75. The summed E-state index contributed by atoms with van der Waals surface area (Å²) >= 11 is 0. The summed E-state index contributed by atoms with van der Waals surface area (Å²) < 4.78 is 27.6. The largest absolute Gasteiger partial charge is 0.385 e. The Morgan fingerprint density at radius 3 is 2.71 bits per heavy atom. The Bertz CT molecular complexity index is 609. The van der Waals surface area contributed by atoms with Crippen LogP contribution < -0.4 is 10.0 Å². The zero-order valence-corrected chi connectivity index (χ0v) is 14.0. The molecule has 0 aromatic heterocycles. The van der Waals surface area contributed by atoms with Crippen molar-refractivity contribution in [2.24, 2.45) is 0 Å². The molecule has 0 radical (unpaired) electrons. The minimum Gasteiger partial charge on any atom is -0.385 e. The van der Waals surface area contributed by atoms with Gasteiger partial charge >= 0.3 is 0 Å². The standard InChI is InChI=1S/C15H25N3O2S/c1-15(2,18(3)4)11-17-21(19,20)13-8-7-12-6-5-9-16-14(12)10-13/h7-8,10,16-17H,5-6,9,11H2,1-4H3. The van der Waals surface area contributed by atoms with E-state index in [-0.39, 0.29) is 5.54 Å². The fourth-order valence-electron chi connectivity index (χ4n) is 2.12. The Morgan fingerprint density at radius 1 is 1.33 bits per heavy atom. The van der Waals surface area contributed by atoms with Crippen LogP contribution in [-0.2, 0) is 16.4 Å². The predicted molar refractivity (Wildman–Crippen MR) is 86.2 cm³/mol. The van der Waals surface area contributed by atoms with Crippen molar-refractivity contribution in [1.29, 1.82) is 0 Å². The molecule has 118 valence electrons. The van der Waals surface area contributed by atoms with E-state index in [0.29, 0.717) is 11.4 Å². The molecule has 1 aromatic rings. The van der Waals surface area contributed by atoms with Crippen molar-refractivity contribution < 1.29 is 8.42 Å². The first-order chi connectivity index (χ1) is 9.72. The average Bonchev–Trinajstić information content (AvgIpc) is 2.45. The number of sulfonamides is 1. The van der Waals surface area contributed by atoms with Crippen LogP contribution in [0.2, 0.25) is 0 Å². The normalized spacial score (nSPS) is 15.7. The molecule has 0 unspecified atom stereocenters. The van der Waals surface area contributed by atoms with Gasteiger partial charge in [-0.1, -0.05) is 6.07 Å². The zero-order chi connectivity index (χ0) is 15.7. The minimum absolute atomic E-state index is 0.237. The fourth-order valence-corrected chi connectivity index (χ4v) is 3.35. The summed E-state index contributed by atoms with van der Waals surface area (Å²) in [6.07, 6.45) is 2.10. The molecule has 0 saturated heterocycles. The van der Waals surface area contributed by atoms with E-state index < -0.39 is 10.0 Å². The number of fused-ring (bicyclic) bond motifs is 1. The van der Waals surface area contributed by atoms with Crippen molar-refractivity contribution in [3.05, 3.63) is 23.8 Å². The van der Waals surface area contributed by atoms with E-state index >= 15 is 0 Å². The van der Waals surface area contributed by atoms with Gasteiger partial charge in [-0.2, -0.15) is 0 Å². The molecule has 21 heavy (non-hydrogen) atoms. The SMILES string of the molecule is CN(C)C(C)(C)CNS(=O)(=O)c1ccc2c(c1)NCCC2. The van der Waals surface area contributed by atoms with Gasteiger partial charge in [-0.15, -0.1) is 0 Å². The summed E-state index contributed by atoms with van der Waals surface area (Å²) in [6.45, 7) is 5.28. The number of rotatable bonds is 5. The number of nitrogens with one attached hydrogen (secondary N) is 2. The van der Waals surface area contributed by atoms with E-state index in [1.165, 1.54) is 5.56 Å². The van der Waals surface area contributed by atoms with E-state index in [2.05, 4.69) is 10.0 Å². The van der Waals surface area contributed by atoms with Gasteiger partial charge in [-0.05, 0) is 58.5 Å². The van der Waals surface area contributed by atoms with Crippen molar-refractivity contribution >= 4 is 15.7 Å². The summed E-state index contributed by atoms with van der Waals surface area (Å²) in [7, 11) is 0.406. The lowest BCUT2D eigenvalue weighted by Crippen LogP contribution is -2.48. The topological polar surface area (TPSA) is 61.4 Å². The maximum atomic E-state index is 12.4. The number of aryl methyl sites for hydroxylation is 1. The molecule has 0 fully saturated rings. The first kappa shape index (κ1) is 16.3. The van der Waals surface area contributed by atoms with Gasteiger partial charge in [0.1, 0.15) is 0 Å². The predicted octanol–water partition coefficient (Wildman–Crippen LogP) is 1.66. The number of nitrogens with zero attached hydrogens (tertiary/aromatic N) is 1. The second-order valence-electron chi connectivity index (χ2n) is 6.38. The highest BCUT2D eigenvalue weighted by molar-refractivity contribution is 7.89. The van der Waals surface area contributed by atoms with Crippen LogP contribution in [0.3, 0.4) is 0 Å². The van der Waals surface area contributed by atoms with E-state index in [9.17, 15) is 8.42 Å². The van der Waals surface area contributed by atoms with Gasteiger partial charge in [0.25, 0.3) is 0 Å². The van der Waals surface area contributed by atoms with Crippen molar-refractivity contribution in [3.8, 4) is 0 Å². The highest BCUT2D eigenvalue weighted by Crippen LogP contribution is 2.25. The van der Waals surface area contributed by atoms with Crippen LogP contribution >= 0.6 is 0 Å². The molecule has 0 aliphatic carbocycles. The number of anilines is 1. The third-order valence-corrected chi connectivity index (χ3v) is 5.63. The smallest absolute Gasteiger partial charge is 0.240 e. The Balaban J connectivity index is 2.16. The molecule has 6 heteroatoms. The number of hydrogen-bond acceptors (Lipinski definition) is 4. The molecule has 5 nitrogen and oxygen atoms in total. The quantitative estimate of drug-likeness (QED) is 0.868. The Morgan fingerprint density at radius 2 is 2.05 bits per heavy atom. The third kappa shape index (κ3) is 3.75. The average molecular weight is 311 g/mol. The van der Waals surface area contributed by atoms with Crippen LogP contribution in [0.15, 0.2) is 23.1 Å². The van der Waals surface area contributed by atoms with Crippen LogP contribution in [0.1, 0.15) is 25.8 Å². The van der Waals surface area contributed by atoms with Crippen LogP contribution in [0, 0.1) is 0 Å². The summed E-state index contributed by atoms with van der Waals surface area (Å²) in [5.74, 6) is 0. The van der Waals surface area contributed by atoms with Gasteiger partial charge in [0, 0.05) is 24.3 Å². The van der Waals surface area contributed by atoms with Crippen LogP contribution in [-0.4, -0.2) is 46.0 Å². The lowest BCUT2D eigenvalue weighted by molar-refractivity contribution is 0.199. The minimum atomic E-state index is -3.48. The number of hydrogen-bond donors (Lipinski definition) is 2. The van der Waals surface area contributed by atoms with Gasteiger partial charge in [-0.3, -0.25) is 0 Å². The Labute approximate surface area is 127 Å². The van der Waals surface area contributed by atoms with Crippen LogP contribution in [0.25, 0.3) is 0 Å². The molecule has 2 rings (SSSR count). The molecule has 2 N–H and O–H groups in total. The highest BCUT2D eigenvalue weighted by atomic mass is 32.2. The second kappa shape index (κ2) is 5.94. The monoisotopic (exact) mass is 311 g/mol. The maximum absolute atomic E-state index is 12.4. The summed E-state index contributed by atoms with van der Waals surface area (Å²) in [4.78, 5) is 2.33. The Hall–Kier alpha value is -1.11. The molecular weight excluding hydrogens is 286 g/mol. The van der Waals surface area contributed by atoms with Gasteiger partial charge in [0.05, 0.1) is 4.90 Å². The van der Waals surface area contributed by atoms with E-state index in [4.69, 9.17) is 0 Å². The summed E-state index contributed by atoms with van der Waals surface area (Å²) in [5, 5.41) is 3.27. The third-order valence-electron chi connectivity index (χ3n) is 4.24. The van der Waals surface area contributed by atoms with Gasteiger partial charge in [-0.25, -0.2) is 13.1 Å². The Kier molecular flexibility index (Phi) is 4.60. The van der Waals surface area contributed by atoms with Crippen molar-refractivity contribution in [2.45, 2.75) is 37.1 Å². The van der Waals surface area contributed by atoms with E-state index in [0.717, 1.165) is 25.1 Å². The molecule has 1 aliphatic heterocycles. The zero-order valence-electron chi connectivity index (χ0n) is 13.2. The lowest BCUT2D eigenvalue weighted by Gasteiger charge is -2.32. The summed E-state index contributed by atoms with van der Waals surface area (Å²) in [6, 6.07) is 5.34. The molecule has 0 spiro atoms. The number of benzene rings is 1. The summed E-state index contributed by atoms with van der Waals surface area (Å²) in [5.41, 5.74) is 1.89. The highest BCUT2D eigenvalue weighted by Gasteiger charge is 2.24. The first-order valence-electron chi connectivity index (χ1n) is 7.26. The molecule has 1 aliphatic rings. The number of likely N-dealkylation sites (N-methyl/N-ethyl adjacent to an activating group) is 1. The molecule has 0 saturated carbocycles. The molecule has 0 bridgehead atoms. The maximum Gasteiger partial charge on any atom is 0.240 e. The van der Waals surface area contributed by atoms with Crippen LogP contribution in [0.5, 0.6) is 0 Å². The van der Waals surface area contributed by atoms with Crippen molar-refractivity contribution in [3.63, 3.8) is 0 Å². The van der Waals surface area contributed by atoms with Crippen molar-refractivity contribution in [1.82, 2.24) is 9.62 Å². The van der Waals surface area contributed by atoms with Gasteiger partial charge < -0.3 is 10.2 Å². The van der Waals surface area contributed by atoms with Gasteiger partial charge in [0.2, 0.25) is 10.0 Å². The van der Waals surface area contributed by atoms with E-state index in [1.807, 2.05) is 38.9 Å². The molecular formula is C15H25N3O2S. The van der Waals surface area contributed by atoms with Crippen LogP contribution in [0.4, 0.5) is 5.69 Å². The molecule has 0 atom stereocenters. The molecule has 1 aromatic carbocycles. The van der Waals surface area contributed by atoms with Gasteiger partial charge in [0.15, 0.2) is 0 Å². The molecule has 0 amide bonds. The van der Waals surface area contributed by atoms with Crippen molar-refractivity contribution in [2.75, 3.05) is 32.5 Å². The van der Waals surface area contributed by atoms with E-state index in [1.54, 1.807) is 12.1 Å². The second-order valence-corrected chi connectivity index (χ2v) is 8.15. The lowest BCUT2D eigenvalue weighted by atomic mass is 10.0. The fraction of sp³-hybridized carbons (Fsp3) is 0.600.